The molecule has 126 valence electrons. The van der Waals surface area contributed by atoms with Gasteiger partial charge >= 0.3 is 5.97 Å². The number of halogens is 2. The van der Waals surface area contributed by atoms with Crippen molar-refractivity contribution in [2.75, 3.05) is 6.07 Å². The zero-order chi connectivity index (χ0) is 17.7. The van der Waals surface area contributed by atoms with Crippen molar-refractivity contribution in [3.8, 4) is 5.75 Å². The van der Waals surface area contributed by atoms with E-state index in [1.807, 2.05) is 36.4 Å². The van der Waals surface area contributed by atoms with Crippen molar-refractivity contribution >= 4 is 34.7 Å². The summed E-state index contributed by atoms with van der Waals surface area (Å²) in [6.07, 6.45) is 0. The summed E-state index contributed by atoms with van der Waals surface area (Å²) in [5.41, 5.74) is 1.69. The standard InChI is InChI=1S/C19H18Cl2O3/c1-13(14-4-8-16(21)9-5-14)15-6-10-17(11-7-15)24-19(2,3)18(22)23-12-20/h4-11H,1,12H2,2-3H3. The predicted octanol–water partition coefficient (Wildman–Crippen LogP) is 5.30. The molecule has 0 N–H and O–H groups in total. The molecule has 0 saturated carbocycles. The van der Waals surface area contributed by atoms with Gasteiger partial charge in [-0.2, -0.15) is 0 Å². The van der Waals surface area contributed by atoms with E-state index in [-0.39, 0.29) is 6.07 Å². The third kappa shape index (κ3) is 4.53. The first kappa shape index (κ1) is 18.4. The van der Waals surface area contributed by atoms with Crippen molar-refractivity contribution in [2.24, 2.45) is 0 Å². The van der Waals surface area contributed by atoms with E-state index in [2.05, 4.69) is 6.58 Å². The minimum absolute atomic E-state index is 0.203. The third-order valence-corrected chi connectivity index (χ3v) is 3.81. The molecular formula is C19H18Cl2O3. The number of ether oxygens (including phenoxy) is 2. The summed E-state index contributed by atoms with van der Waals surface area (Å²) in [6, 6.07) is 14.6. The molecule has 0 heterocycles. The lowest BCUT2D eigenvalue weighted by atomic mass is 10.00. The van der Waals surface area contributed by atoms with Crippen LogP contribution in [0.3, 0.4) is 0 Å². The van der Waals surface area contributed by atoms with Crippen LogP contribution in [0.2, 0.25) is 5.02 Å². The molecule has 0 aromatic heterocycles. The Morgan fingerprint density at radius 1 is 1.04 bits per heavy atom. The zero-order valence-electron chi connectivity index (χ0n) is 13.5. The second kappa shape index (κ2) is 7.73. The Labute approximate surface area is 151 Å². The van der Waals surface area contributed by atoms with E-state index in [1.54, 1.807) is 26.0 Å². The fraction of sp³-hybridized carbons (Fsp3) is 0.211. The van der Waals surface area contributed by atoms with Gasteiger partial charge in [0.2, 0.25) is 0 Å². The van der Waals surface area contributed by atoms with E-state index in [4.69, 9.17) is 32.7 Å². The topological polar surface area (TPSA) is 35.5 Å². The molecule has 2 aromatic carbocycles. The zero-order valence-corrected chi connectivity index (χ0v) is 15.0. The number of alkyl halides is 1. The van der Waals surface area contributed by atoms with Crippen molar-refractivity contribution in [3.05, 3.63) is 71.3 Å². The van der Waals surface area contributed by atoms with Gasteiger partial charge in [-0.3, -0.25) is 0 Å². The molecule has 24 heavy (non-hydrogen) atoms. The molecule has 2 rings (SSSR count). The first-order valence-corrected chi connectivity index (χ1v) is 8.22. The molecule has 2 aromatic rings. The largest absolute Gasteiger partial charge is 0.476 e. The third-order valence-electron chi connectivity index (χ3n) is 3.45. The van der Waals surface area contributed by atoms with Gasteiger partial charge < -0.3 is 9.47 Å². The Balaban J connectivity index is 2.11. The Morgan fingerprint density at radius 3 is 2.04 bits per heavy atom. The Bertz CT molecular complexity index is 719. The van der Waals surface area contributed by atoms with E-state index in [0.717, 1.165) is 16.7 Å². The minimum atomic E-state index is -1.12. The van der Waals surface area contributed by atoms with Crippen LogP contribution in [0.25, 0.3) is 5.57 Å². The highest BCUT2D eigenvalue weighted by molar-refractivity contribution is 6.30. The molecule has 0 atom stereocenters. The number of esters is 1. The Morgan fingerprint density at radius 2 is 1.54 bits per heavy atom. The van der Waals surface area contributed by atoms with Gasteiger partial charge in [-0.1, -0.05) is 54.0 Å². The van der Waals surface area contributed by atoms with Crippen LogP contribution in [0.1, 0.15) is 25.0 Å². The number of benzene rings is 2. The van der Waals surface area contributed by atoms with Crippen LogP contribution < -0.4 is 4.74 Å². The minimum Gasteiger partial charge on any atom is -0.476 e. The van der Waals surface area contributed by atoms with Gasteiger partial charge in [-0.15, -0.1) is 0 Å². The molecule has 3 nitrogen and oxygen atoms in total. The Kier molecular flexibility index (Phi) is 5.92. The van der Waals surface area contributed by atoms with Crippen LogP contribution >= 0.6 is 23.2 Å². The molecule has 0 spiro atoms. The monoisotopic (exact) mass is 364 g/mol. The van der Waals surface area contributed by atoms with E-state index in [0.29, 0.717) is 10.8 Å². The summed E-state index contributed by atoms with van der Waals surface area (Å²) in [4.78, 5) is 11.8. The molecule has 0 saturated heterocycles. The van der Waals surface area contributed by atoms with E-state index in [9.17, 15) is 4.79 Å². The van der Waals surface area contributed by atoms with Gasteiger partial charge in [0.1, 0.15) is 5.75 Å². The maximum atomic E-state index is 11.8. The summed E-state index contributed by atoms with van der Waals surface area (Å²) in [5.74, 6) is 0.0336. The Hall–Kier alpha value is -1.97. The molecule has 0 amide bonds. The molecule has 0 fully saturated rings. The summed E-state index contributed by atoms with van der Waals surface area (Å²) < 4.78 is 10.5. The van der Waals surface area contributed by atoms with Gasteiger partial charge in [0.05, 0.1) is 0 Å². The predicted molar refractivity (Wildman–Crippen MR) is 97.5 cm³/mol. The second-order valence-corrected chi connectivity index (χ2v) is 6.32. The normalized spacial score (nSPS) is 11.0. The summed E-state index contributed by atoms with van der Waals surface area (Å²) in [5, 5.41) is 0.682. The van der Waals surface area contributed by atoms with Crippen LogP contribution in [0, 0.1) is 0 Å². The van der Waals surface area contributed by atoms with Crippen molar-refractivity contribution < 1.29 is 14.3 Å². The van der Waals surface area contributed by atoms with Crippen molar-refractivity contribution in [1.82, 2.24) is 0 Å². The molecule has 0 aliphatic rings. The molecule has 0 unspecified atom stereocenters. The van der Waals surface area contributed by atoms with Crippen LogP contribution in [0.4, 0.5) is 0 Å². The maximum Gasteiger partial charge on any atom is 0.351 e. The highest BCUT2D eigenvalue weighted by atomic mass is 35.5. The average molecular weight is 365 g/mol. The average Bonchev–Trinajstić information content (AvgIpc) is 2.55. The SMILES string of the molecule is C=C(c1ccc(Cl)cc1)c1ccc(OC(C)(C)C(=O)OCCl)cc1. The maximum absolute atomic E-state index is 11.8. The van der Waals surface area contributed by atoms with Gasteiger partial charge in [0, 0.05) is 5.02 Å². The number of carbonyl (C=O) groups is 1. The van der Waals surface area contributed by atoms with Crippen LogP contribution in [-0.4, -0.2) is 17.6 Å². The summed E-state index contributed by atoms with van der Waals surface area (Å²) in [7, 11) is 0. The van der Waals surface area contributed by atoms with Crippen LogP contribution in [0.5, 0.6) is 5.75 Å². The van der Waals surface area contributed by atoms with Crippen molar-refractivity contribution in [3.63, 3.8) is 0 Å². The summed E-state index contributed by atoms with van der Waals surface area (Å²) >= 11 is 11.3. The summed E-state index contributed by atoms with van der Waals surface area (Å²) in [6.45, 7) is 7.36. The lowest BCUT2D eigenvalue weighted by molar-refractivity contribution is -0.157. The fourth-order valence-corrected chi connectivity index (χ4v) is 2.33. The number of carbonyl (C=O) groups excluding carboxylic acids is 1. The highest BCUT2D eigenvalue weighted by Crippen LogP contribution is 2.26. The molecule has 0 aliphatic carbocycles. The van der Waals surface area contributed by atoms with E-state index < -0.39 is 11.6 Å². The lowest BCUT2D eigenvalue weighted by Crippen LogP contribution is -2.39. The van der Waals surface area contributed by atoms with Crippen LogP contribution in [-0.2, 0) is 9.53 Å². The van der Waals surface area contributed by atoms with Crippen molar-refractivity contribution in [2.45, 2.75) is 19.4 Å². The van der Waals surface area contributed by atoms with E-state index in [1.165, 1.54) is 0 Å². The smallest absolute Gasteiger partial charge is 0.351 e. The number of hydrogen-bond acceptors (Lipinski definition) is 3. The molecule has 0 aliphatic heterocycles. The van der Waals surface area contributed by atoms with Gasteiger partial charge in [0.25, 0.3) is 0 Å². The molecule has 0 radical (unpaired) electrons. The first-order chi connectivity index (χ1) is 11.3. The molecular weight excluding hydrogens is 347 g/mol. The quantitative estimate of drug-likeness (QED) is 0.515. The highest BCUT2D eigenvalue weighted by Gasteiger charge is 2.31. The van der Waals surface area contributed by atoms with Gasteiger partial charge in [-0.05, 0) is 54.8 Å². The van der Waals surface area contributed by atoms with Gasteiger partial charge in [0.15, 0.2) is 11.7 Å². The fourth-order valence-electron chi connectivity index (χ4n) is 2.10. The van der Waals surface area contributed by atoms with E-state index >= 15 is 0 Å². The number of rotatable bonds is 6. The first-order valence-electron chi connectivity index (χ1n) is 7.31. The van der Waals surface area contributed by atoms with Gasteiger partial charge in [-0.25, -0.2) is 4.79 Å². The molecule has 0 bridgehead atoms. The van der Waals surface area contributed by atoms with Crippen LogP contribution in [0.15, 0.2) is 55.1 Å². The number of hydrogen-bond donors (Lipinski definition) is 0. The second-order valence-electron chi connectivity index (χ2n) is 5.66. The molecule has 5 heteroatoms. The lowest BCUT2D eigenvalue weighted by Gasteiger charge is -2.23. The van der Waals surface area contributed by atoms with Crippen molar-refractivity contribution in [1.29, 1.82) is 0 Å².